The van der Waals surface area contributed by atoms with Crippen molar-refractivity contribution in [3.05, 3.63) is 64.7 Å². The smallest absolute Gasteiger partial charge is 0.255 e. The lowest BCUT2D eigenvalue weighted by Gasteiger charge is -2.47. The van der Waals surface area contributed by atoms with Gasteiger partial charge in [-0.15, -0.1) is 0 Å². The minimum Gasteiger partial charge on any atom is -0.398 e. The molecule has 2 aromatic rings. The third kappa shape index (κ3) is 5.10. The number of carbonyl (C=O) groups is 2. The molecule has 1 aliphatic rings. The largest absolute Gasteiger partial charge is 0.398 e. The first-order valence-corrected chi connectivity index (χ1v) is 13.3. The van der Waals surface area contributed by atoms with Gasteiger partial charge in [0.15, 0.2) is 0 Å². The van der Waals surface area contributed by atoms with Gasteiger partial charge in [0, 0.05) is 30.2 Å². The lowest BCUT2D eigenvalue weighted by atomic mass is 9.67. The number of amides is 1. The summed E-state index contributed by atoms with van der Waals surface area (Å²) in [5.41, 5.74) is 7.97. The van der Waals surface area contributed by atoms with Crippen LogP contribution in [0.5, 0.6) is 0 Å². The summed E-state index contributed by atoms with van der Waals surface area (Å²) in [6.45, 7) is 4.90. The molecule has 1 amide bonds. The minimum absolute atomic E-state index is 0.201. The van der Waals surface area contributed by atoms with Crippen LogP contribution in [0.15, 0.2) is 48.5 Å². The second-order valence-corrected chi connectivity index (χ2v) is 11.1. The first-order valence-electron chi connectivity index (χ1n) is 11.3. The zero-order valence-electron chi connectivity index (χ0n) is 19.1. The molecule has 0 bridgehead atoms. The number of nitrogens with one attached hydrogen (secondary N) is 1. The van der Waals surface area contributed by atoms with Gasteiger partial charge in [-0.05, 0) is 48.7 Å². The van der Waals surface area contributed by atoms with Gasteiger partial charge in [0.1, 0.15) is 0 Å². The Bertz CT molecular complexity index is 1080. The maximum atomic E-state index is 13.2. The van der Waals surface area contributed by atoms with Gasteiger partial charge in [0.2, 0.25) is 5.62 Å². The summed E-state index contributed by atoms with van der Waals surface area (Å²) in [5.74, 6) is -0.307. The van der Waals surface area contributed by atoms with E-state index < -0.39 is 9.71 Å². The Morgan fingerprint density at radius 3 is 2.39 bits per heavy atom. The van der Waals surface area contributed by atoms with E-state index in [4.69, 9.17) is 17.3 Å². The number of hydrogen-bond donors (Lipinski definition) is 2. The molecule has 3 N–H and O–H groups in total. The predicted octanol–water partition coefficient (Wildman–Crippen LogP) is 4.07. The molecule has 3 rings (SSSR count). The molecule has 178 valence electrons. The van der Waals surface area contributed by atoms with E-state index in [1.54, 1.807) is 27.9 Å². The Kier molecular flexibility index (Phi) is 8.21. The van der Waals surface area contributed by atoms with Crippen molar-refractivity contribution < 1.29 is 13.8 Å². The Balaban J connectivity index is 1.96. The Morgan fingerprint density at radius 1 is 1.18 bits per heavy atom. The van der Waals surface area contributed by atoms with Crippen LogP contribution in [0.4, 0.5) is 5.69 Å². The number of benzene rings is 2. The van der Waals surface area contributed by atoms with Gasteiger partial charge < -0.3 is 11.1 Å². The molecule has 2 unspecified atom stereocenters. The number of piperidine rings is 1. The number of nitrogens with zero attached hydrogens (tertiary/aromatic N) is 1. The molecule has 0 radical (unpaired) electrons. The Morgan fingerprint density at radius 2 is 1.85 bits per heavy atom. The number of anilines is 1. The monoisotopic (exact) mass is 489 g/mol. The van der Waals surface area contributed by atoms with Crippen LogP contribution >= 0.6 is 11.6 Å². The molecule has 0 aliphatic carbocycles. The molecule has 0 saturated carbocycles. The van der Waals surface area contributed by atoms with E-state index in [9.17, 15) is 13.8 Å². The van der Waals surface area contributed by atoms with Crippen molar-refractivity contribution in [2.45, 2.75) is 51.0 Å². The first kappa shape index (κ1) is 25.3. The van der Waals surface area contributed by atoms with Gasteiger partial charge in [-0.25, -0.2) is 8.51 Å². The summed E-state index contributed by atoms with van der Waals surface area (Å²) in [6, 6.07) is 14.9. The lowest BCUT2D eigenvalue weighted by molar-refractivity contribution is 0.0884. The third-order valence-corrected chi connectivity index (χ3v) is 9.14. The highest BCUT2D eigenvalue weighted by atomic mass is 35.5. The van der Waals surface area contributed by atoms with Gasteiger partial charge in [0.05, 0.1) is 20.3 Å². The number of nitrogen functional groups attached to an aromatic ring is 1. The number of carbonyl (C=O) groups excluding carboxylic acids is 2. The number of hydrogen-bond acceptors (Lipinski definition) is 4. The van der Waals surface area contributed by atoms with Gasteiger partial charge in [-0.3, -0.25) is 9.59 Å². The van der Waals surface area contributed by atoms with E-state index in [0.29, 0.717) is 55.1 Å². The molecular weight excluding hydrogens is 458 g/mol. The van der Waals surface area contributed by atoms with Crippen LogP contribution in [-0.4, -0.2) is 44.5 Å². The minimum atomic E-state index is -2.81. The standard InChI is InChI=1S/C25H32ClN3O3S/c1-3-17-33(32,18-30)29-15-13-25(14-16-29,19-9-6-5-7-10-19)22(4-2)28-24(31)23-20(26)11-8-12-21(23)27/h5-12,17-18,22H,3-4,13-16,27H2,1-2H3,(H,28,31). The fourth-order valence-electron chi connectivity index (χ4n) is 4.87. The molecule has 33 heavy (non-hydrogen) atoms. The fraction of sp³-hybridized carbons (Fsp3) is 0.400. The molecule has 1 fully saturated rings. The molecular formula is C25H32ClN3O3S. The predicted molar refractivity (Wildman–Crippen MR) is 138 cm³/mol. The average Bonchev–Trinajstić information content (AvgIpc) is 2.83. The van der Waals surface area contributed by atoms with Crippen LogP contribution < -0.4 is 11.1 Å². The van der Waals surface area contributed by atoms with E-state index in [1.807, 2.05) is 32.0 Å². The van der Waals surface area contributed by atoms with E-state index in [1.165, 1.54) is 0 Å². The number of halogens is 1. The molecule has 2 aromatic carbocycles. The highest BCUT2D eigenvalue weighted by molar-refractivity contribution is 8.11. The molecule has 1 heterocycles. The molecule has 2 atom stereocenters. The molecule has 0 aromatic heterocycles. The quantitative estimate of drug-likeness (QED) is 0.332. The van der Waals surface area contributed by atoms with Crippen molar-refractivity contribution >= 4 is 43.9 Å². The van der Waals surface area contributed by atoms with E-state index >= 15 is 0 Å². The van der Waals surface area contributed by atoms with Gasteiger partial charge >= 0.3 is 0 Å². The third-order valence-electron chi connectivity index (χ3n) is 6.56. The molecule has 1 saturated heterocycles. The average molecular weight is 490 g/mol. The summed E-state index contributed by atoms with van der Waals surface area (Å²) in [6.07, 6.45) is 2.55. The highest BCUT2D eigenvalue weighted by Crippen LogP contribution is 2.41. The zero-order valence-corrected chi connectivity index (χ0v) is 20.7. The van der Waals surface area contributed by atoms with Crippen molar-refractivity contribution in [2.75, 3.05) is 18.8 Å². The van der Waals surface area contributed by atoms with Crippen molar-refractivity contribution in [1.29, 1.82) is 0 Å². The summed E-state index contributed by atoms with van der Waals surface area (Å²) < 4.78 is 14.9. The van der Waals surface area contributed by atoms with Crippen LogP contribution in [0.25, 0.3) is 0 Å². The van der Waals surface area contributed by atoms with Crippen molar-refractivity contribution in [3.63, 3.8) is 0 Å². The topological polar surface area (TPSA) is 92.5 Å². The first-order chi connectivity index (χ1) is 15.8. The van der Waals surface area contributed by atoms with Crippen LogP contribution in [0.2, 0.25) is 5.02 Å². The summed E-state index contributed by atoms with van der Waals surface area (Å²) >= 11 is 6.29. The van der Waals surface area contributed by atoms with Crippen LogP contribution in [0.3, 0.4) is 0 Å². The van der Waals surface area contributed by atoms with Crippen LogP contribution in [0, 0.1) is 0 Å². The molecule has 0 spiro atoms. The molecule has 8 heteroatoms. The summed E-state index contributed by atoms with van der Waals surface area (Å²) in [5, 5.41) is 5.11. The normalized spacial score (nSPS) is 18.6. The number of nitrogens with two attached hydrogens (primary N) is 1. The lowest BCUT2D eigenvalue weighted by Crippen LogP contribution is -2.56. The van der Waals surface area contributed by atoms with E-state index in [0.717, 1.165) is 5.56 Å². The summed E-state index contributed by atoms with van der Waals surface area (Å²) in [7, 11) is -2.81. The van der Waals surface area contributed by atoms with Crippen molar-refractivity contribution in [3.8, 4) is 0 Å². The zero-order chi connectivity index (χ0) is 24.1. The van der Waals surface area contributed by atoms with Crippen LogP contribution in [-0.2, 0) is 19.9 Å². The highest BCUT2D eigenvalue weighted by Gasteiger charge is 2.44. The second-order valence-electron chi connectivity index (χ2n) is 8.37. The van der Waals surface area contributed by atoms with Gasteiger partial charge in [0.25, 0.3) is 5.91 Å². The van der Waals surface area contributed by atoms with Gasteiger partial charge in [-0.1, -0.05) is 61.8 Å². The Labute approximate surface area is 201 Å². The number of rotatable bonds is 8. The van der Waals surface area contributed by atoms with Gasteiger partial charge in [-0.2, -0.15) is 0 Å². The van der Waals surface area contributed by atoms with Crippen LogP contribution in [0.1, 0.15) is 55.5 Å². The van der Waals surface area contributed by atoms with E-state index in [-0.39, 0.29) is 22.9 Å². The van der Waals surface area contributed by atoms with Crippen molar-refractivity contribution in [2.24, 2.45) is 0 Å². The van der Waals surface area contributed by atoms with Crippen molar-refractivity contribution in [1.82, 2.24) is 9.62 Å². The van der Waals surface area contributed by atoms with E-state index in [2.05, 4.69) is 17.4 Å². The molecule has 6 nitrogen and oxygen atoms in total. The fourth-order valence-corrected chi connectivity index (χ4v) is 6.77. The second kappa shape index (κ2) is 10.7. The SMILES string of the molecule is CCC=S(=O)(C=O)N1CCC(c2ccccc2)(C(CC)NC(=O)c2c(N)cccc2Cl)CC1. The molecule has 1 aliphatic heterocycles. The Hall–Kier alpha value is -2.35. The maximum absolute atomic E-state index is 13.2. The maximum Gasteiger partial charge on any atom is 0.255 e. The summed E-state index contributed by atoms with van der Waals surface area (Å²) in [4.78, 5) is 24.9.